The molecule has 0 unspecified atom stereocenters. The molecule has 0 fully saturated rings. The summed E-state index contributed by atoms with van der Waals surface area (Å²) in [7, 11) is 0. The summed E-state index contributed by atoms with van der Waals surface area (Å²) in [5.74, 6) is -0.571. The SMILES string of the molecule is Cc1ccc(-c2csc(=S)n2CC(=O)NCC(=O)Nc2ccccc2Br)cc1. The zero-order valence-electron chi connectivity index (χ0n) is 15.1. The number of nitrogens with zero attached hydrogens (tertiary/aromatic N) is 1. The van der Waals surface area contributed by atoms with Gasteiger partial charge in [-0.2, -0.15) is 0 Å². The van der Waals surface area contributed by atoms with E-state index in [1.54, 1.807) is 10.6 Å². The molecule has 0 aliphatic rings. The molecule has 0 aliphatic carbocycles. The van der Waals surface area contributed by atoms with Crippen LogP contribution in [0, 0.1) is 10.9 Å². The molecule has 2 N–H and O–H groups in total. The number of aromatic nitrogens is 1. The number of rotatable bonds is 6. The Morgan fingerprint density at radius 1 is 1.11 bits per heavy atom. The summed E-state index contributed by atoms with van der Waals surface area (Å²) in [6.07, 6.45) is 0. The maximum atomic E-state index is 12.4. The second kappa shape index (κ2) is 9.27. The maximum absolute atomic E-state index is 12.4. The molecule has 3 aromatic rings. The van der Waals surface area contributed by atoms with Crippen molar-refractivity contribution in [3.05, 3.63) is 67.9 Å². The van der Waals surface area contributed by atoms with Crippen LogP contribution >= 0.6 is 39.5 Å². The number of benzene rings is 2. The third kappa shape index (κ3) is 5.15. The Labute approximate surface area is 180 Å². The Bertz CT molecular complexity index is 1060. The zero-order chi connectivity index (χ0) is 20.1. The molecule has 0 aliphatic heterocycles. The smallest absolute Gasteiger partial charge is 0.243 e. The molecule has 0 saturated carbocycles. The lowest BCUT2D eigenvalue weighted by molar-refractivity contribution is -0.124. The van der Waals surface area contributed by atoms with Crippen molar-refractivity contribution in [3.8, 4) is 11.3 Å². The average molecular weight is 476 g/mol. The minimum atomic E-state index is -0.298. The molecule has 0 saturated heterocycles. The summed E-state index contributed by atoms with van der Waals surface area (Å²) < 4.78 is 3.18. The predicted octanol–water partition coefficient (Wildman–Crippen LogP) is 4.77. The van der Waals surface area contributed by atoms with Gasteiger partial charge in [0.15, 0.2) is 3.95 Å². The first kappa shape index (κ1) is 20.4. The number of hydrogen-bond acceptors (Lipinski definition) is 4. The number of hydrogen-bond donors (Lipinski definition) is 2. The van der Waals surface area contributed by atoms with Gasteiger partial charge in [0.25, 0.3) is 0 Å². The van der Waals surface area contributed by atoms with Crippen molar-refractivity contribution in [3.63, 3.8) is 0 Å². The van der Waals surface area contributed by atoms with Gasteiger partial charge in [0.1, 0.15) is 6.54 Å². The topological polar surface area (TPSA) is 63.1 Å². The number of amides is 2. The Hall–Kier alpha value is -2.29. The van der Waals surface area contributed by atoms with Crippen molar-refractivity contribution in [1.82, 2.24) is 9.88 Å². The van der Waals surface area contributed by atoms with Crippen LogP contribution in [-0.2, 0) is 16.1 Å². The van der Waals surface area contributed by atoms with Crippen LogP contribution in [0.4, 0.5) is 5.69 Å². The molecule has 5 nitrogen and oxygen atoms in total. The second-order valence-electron chi connectivity index (χ2n) is 6.14. The minimum absolute atomic E-state index is 0.0633. The van der Waals surface area contributed by atoms with Gasteiger partial charge >= 0.3 is 0 Å². The second-order valence-corrected chi connectivity index (χ2v) is 8.50. The first-order valence-electron chi connectivity index (χ1n) is 8.50. The van der Waals surface area contributed by atoms with Crippen molar-refractivity contribution >= 4 is 57.0 Å². The van der Waals surface area contributed by atoms with Crippen molar-refractivity contribution in [2.24, 2.45) is 0 Å². The molecule has 1 heterocycles. The third-order valence-electron chi connectivity index (χ3n) is 4.03. The molecule has 1 aromatic heterocycles. The third-order valence-corrected chi connectivity index (χ3v) is 5.99. The van der Waals surface area contributed by atoms with Gasteiger partial charge in [0, 0.05) is 9.85 Å². The summed E-state index contributed by atoms with van der Waals surface area (Å²) in [5.41, 5.74) is 3.71. The normalized spacial score (nSPS) is 10.5. The summed E-state index contributed by atoms with van der Waals surface area (Å²) in [6, 6.07) is 15.3. The van der Waals surface area contributed by atoms with Gasteiger partial charge in [-0.3, -0.25) is 9.59 Å². The van der Waals surface area contributed by atoms with E-state index in [4.69, 9.17) is 12.2 Å². The highest BCUT2D eigenvalue weighted by atomic mass is 79.9. The van der Waals surface area contributed by atoms with Gasteiger partial charge in [-0.1, -0.05) is 42.0 Å². The fourth-order valence-corrected chi connectivity index (χ4v) is 4.02. The lowest BCUT2D eigenvalue weighted by atomic mass is 10.1. The Morgan fingerprint density at radius 3 is 2.54 bits per heavy atom. The van der Waals surface area contributed by atoms with Gasteiger partial charge in [-0.15, -0.1) is 11.3 Å². The molecular formula is C20H18BrN3O2S2. The molecule has 144 valence electrons. The number of carbonyl (C=O) groups excluding carboxylic acids is 2. The molecule has 0 atom stereocenters. The van der Waals surface area contributed by atoms with E-state index in [-0.39, 0.29) is 24.9 Å². The van der Waals surface area contributed by atoms with Crippen LogP contribution in [0.15, 0.2) is 58.4 Å². The van der Waals surface area contributed by atoms with E-state index in [2.05, 4.69) is 26.6 Å². The largest absolute Gasteiger partial charge is 0.345 e. The van der Waals surface area contributed by atoms with Crippen molar-refractivity contribution in [2.75, 3.05) is 11.9 Å². The molecule has 0 radical (unpaired) electrons. The summed E-state index contributed by atoms with van der Waals surface area (Å²) >= 11 is 10.2. The number of para-hydroxylation sites is 1. The number of anilines is 1. The van der Waals surface area contributed by atoms with Crippen molar-refractivity contribution in [1.29, 1.82) is 0 Å². The molecule has 0 spiro atoms. The van der Waals surface area contributed by atoms with E-state index >= 15 is 0 Å². The number of carbonyl (C=O) groups is 2. The summed E-state index contributed by atoms with van der Waals surface area (Å²) in [4.78, 5) is 24.4. The average Bonchev–Trinajstić information content (AvgIpc) is 3.03. The number of thiazole rings is 1. The van der Waals surface area contributed by atoms with E-state index in [1.165, 1.54) is 11.3 Å². The highest BCUT2D eigenvalue weighted by Crippen LogP contribution is 2.24. The van der Waals surface area contributed by atoms with Gasteiger partial charge in [-0.25, -0.2) is 0 Å². The molecular weight excluding hydrogens is 458 g/mol. The van der Waals surface area contributed by atoms with Gasteiger partial charge in [0.2, 0.25) is 11.8 Å². The van der Waals surface area contributed by atoms with Gasteiger partial charge < -0.3 is 15.2 Å². The lowest BCUT2D eigenvalue weighted by Gasteiger charge is -2.11. The predicted molar refractivity (Wildman–Crippen MR) is 119 cm³/mol. The lowest BCUT2D eigenvalue weighted by Crippen LogP contribution is -2.35. The number of aryl methyl sites for hydroxylation is 1. The van der Waals surface area contributed by atoms with E-state index in [1.807, 2.05) is 54.8 Å². The molecule has 28 heavy (non-hydrogen) atoms. The van der Waals surface area contributed by atoms with Crippen LogP contribution in [0.25, 0.3) is 11.3 Å². The van der Waals surface area contributed by atoms with Gasteiger partial charge in [-0.05, 0) is 52.8 Å². The maximum Gasteiger partial charge on any atom is 0.243 e. The van der Waals surface area contributed by atoms with Crippen LogP contribution in [0.1, 0.15) is 5.56 Å². The quantitative estimate of drug-likeness (QED) is 0.504. The van der Waals surface area contributed by atoms with Crippen LogP contribution in [0.3, 0.4) is 0 Å². The standard InChI is InChI=1S/C20H18BrN3O2S2/c1-13-6-8-14(9-7-13)17-12-28-20(27)24(17)11-19(26)22-10-18(25)23-16-5-3-2-4-15(16)21/h2-9,12H,10-11H2,1H3,(H,22,26)(H,23,25). The molecule has 0 bridgehead atoms. The summed E-state index contributed by atoms with van der Waals surface area (Å²) in [6.45, 7) is 1.97. The molecule has 3 rings (SSSR count). The molecule has 2 amide bonds. The van der Waals surface area contributed by atoms with Crippen molar-refractivity contribution < 1.29 is 9.59 Å². The van der Waals surface area contributed by atoms with E-state index in [0.717, 1.165) is 21.3 Å². The first-order chi connectivity index (χ1) is 13.4. The number of halogens is 1. The highest BCUT2D eigenvalue weighted by molar-refractivity contribution is 9.10. The van der Waals surface area contributed by atoms with Crippen LogP contribution < -0.4 is 10.6 Å². The van der Waals surface area contributed by atoms with E-state index in [9.17, 15) is 9.59 Å². The Balaban J connectivity index is 1.62. The fourth-order valence-electron chi connectivity index (χ4n) is 2.57. The zero-order valence-corrected chi connectivity index (χ0v) is 18.3. The van der Waals surface area contributed by atoms with Crippen LogP contribution in [0.2, 0.25) is 0 Å². The molecule has 8 heteroatoms. The van der Waals surface area contributed by atoms with Gasteiger partial charge in [0.05, 0.1) is 17.9 Å². The van der Waals surface area contributed by atoms with Crippen molar-refractivity contribution in [2.45, 2.75) is 13.5 Å². The minimum Gasteiger partial charge on any atom is -0.345 e. The fraction of sp³-hybridized carbons (Fsp3) is 0.150. The first-order valence-corrected chi connectivity index (χ1v) is 10.6. The monoisotopic (exact) mass is 475 g/mol. The Morgan fingerprint density at radius 2 is 1.82 bits per heavy atom. The van der Waals surface area contributed by atoms with E-state index in [0.29, 0.717) is 9.64 Å². The number of nitrogens with one attached hydrogen (secondary N) is 2. The summed E-state index contributed by atoms with van der Waals surface area (Å²) in [5, 5.41) is 7.34. The molecule has 2 aromatic carbocycles. The van der Waals surface area contributed by atoms with Crippen LogP contribution in [-0.4, -0.2) is 22.9 Å². The van der Waals surface area contributed by atoms with Crippen LogP contribution in [0.5, 0.6) is 0 Å². The van der Waals surface area contributed by atoms with E-state index < -0.39 is 0 Å². The Kier molecular flexibility index (Phi) is 6.77. The highest BCUT2D eigenvalue weighted by Gasteiger charge is 2.12.